The number of nitrogens with zero attached hydrogens (tertiary/aromatic N) is 2. The third-order valence-electron chi connectivity index (χ3n) is 1.26. The van der Waals surface area contributed by atoms with E-state index in [1.165, 1.54) is 17.7 Å². The van der Waals surface area contributed by atoms with Gasteiger partial charge in [-0.05, 0) is 11.0 Å². The van der Waals surface area contributed by atoms with Gasteiger partial charge in [-0.1, -0.05) is 0 Å². The van der Waals surface area contributed by atoms with Crippen LogP contribution < -0.4 is 0 Å². The quantitative estimate of drug-likeness (QED) is 0.484. The van der Waals surface area contributed by atoms with E-state index < -0.39 is 4.92 Å². The van der Waals surface area contributed by atoms with Gasteiger partial charge in [0, 0.05) is 13.2 Å². The Morgan fingerprint density at radius 3 is 3.09 bits per heavy atom. The molecule has 0 unspecified atom stereocenters. The van der Waals surface area contributed by atoms with Crippen LogP contribution >= 0.6 is 0 Å². The molecular formula is C6H8N2O3. The zero-order chi connectivity index (χ0) is 8.27. The number of nitro groups is 1. The summed E-state index contributed by atoms with van der Waals surface area (Å²) in [6.45, 7) is 0.212. The summed E-state index contributed by atoms with van der Waals surface area (Å²) in [5.74, 6) is 0.0480. The molecular weight excluding hydrogens is 148 g/mol. The van der Waals surface area contributed by atoms with Crippen molar-refractivity contribution in [2.24, 2.45) is 0 Å². The molecule has 0 aromatic carbocycles. The fourth-order valence-corrected chi connectivity index (χ4v) is 0.819. The molecule has 0 atom stereocenters. The molecule has 0 bridgehead atoms. The van der Waals surface area contributed by atoms with Gasteiger partial charge in [0.15, 0.2) is 6.73 Å². The van der Waals surface area contributed by atoms with E-state index in [4.69, 9.17) is 4.74 Å². The first-order chi connectivity index (χ1) is 5.25. The van der Waals surface area contributed by atoms with Crippen LogP contribution in [0.4, 0.5) is 5.82 Å². The molecule has 1 rings (SSSR count). The Labute approximate surface area is 63.3 Å². The molecule has 0 aliphatic heterocycles. The van der Waals surface area contributed by atoms with E-state index in [1.807, 2.05) is 0 Å². The Morgan fingerprint density at radius 2 is 2.55 bits per heavy atom. The maximum Gasteiger partial charge on any atom is 0.324 e. The minimum absolute atomic E-state index is 0.0480. The highest BCUT2D eigenvalue weighted by atomic mass is 16.6. The lowest BCUT2D eigenvalue weighted by atomic mass is 10.6. The number of aromatic nitrogens is 1. The van der Waals surface area contributed by atoms with E-state index in [0.717, 1.165) is 0 Å². The summed E-state index contributed by atoms with van der Waals surface area (Å²) >= 11 is 0. The highest BCUT2D eigenvalue weighted by Gasteiger charge is 2.09. The summed E-state index contributed by atoms with van der Waals surface area (Å²) in [5.41, 5.74) is 0. The number of ether oxygens (including phenoxy) is 1. The maximum atomic E-state index is 10.3. The number of rotatable bonds is 3. The normalized spacial score (nSPS) is 9.91. The molecule has 0 aliphatic carbocycles. The summed E-state index contributed by atoms with van der Waals surface area (Å²) in [7, 11) is 1.49. The minimum Gasteiger partial charge on any atom is -0.358 e. The summed E-state index contributed by atoms with van der Waals surface area (Å²) in [6.07, 6.45) is 1.60. The molecule has 11 heavy (non-hydrogen) atoms. The first-order valence-corrected chi connectivity index (χ1v) is 3.04. The third-order valence-corrected chi connectivity index (χ3v) is 1.26. The first-order valence-electron chi connectivity index (χ1n) is 3.04. The van der Waals surface area contributed by atoms with E-state index in [2.05, 4.69) is 0 Å². The molecule has 0 saturated heterocycles. The SMILES string of the molecule is COCn1cccc1[N+](=O)[O-]. The first kappa shape index (κ1) is 7.74. The van der Waals surface area contributed by atoms with Crippen molar-refractivity contribution in [3.63, 3.8) is 0 Å². The van der Waals surface area contributed by atoms with Gasteiger partial charge in [-0.2, -0.15) is 0 Å². The lowest BCUT2D eigenvalue weighted by Gasteiger charge is -1.98. The third kappa shape index (κ3) is 1.56. The molecule has 0 amide bonds. The lowest BCUT2D eigenvalue weighted by molar-refractivity contribution is -0.392. The smallest absolute Gasteiger partial charge is 0.324 e. The zero-order valence-electron chi connectivity index (χ0n) is 6.06. The topological polar surface area (TPSA) is 57.3 Å². The molecule has 0 saturated carbocycles. The lowest BCUT2D eigenvalue weighted by Crippen LogP contribution is -2.02. The highest BCUT2D eigenvalue weighted by molar-refractivity contribution is 5.20. The van der Waals surface area contributed by atoms with Crippen molar-refractivity contribution < 1.29 is 9.66 Å². The standard InChI is InChI=1S/C6H8N2O3/c1-11-5-7-4-2-3-6(7)8(9)10/h2-4H,5H2,1H3. The van der Waals surface area contributed by atoms with E-state index in [0.29, 0.717) is 0 Å². The van der Waals surface area contributed by atoms with Crippen molar-refractivity contribution in [3.05, 3.63) is 28.4 Å². The van der Waals surface area contributed by atoms with Crippen molar-refractivity contribution in [2.75, 3.05) is 7.11 Å². The van der Waals surface area contributed by atoms with E-state index in [9.17, 15) is 10.1 Å². The molecule has 5 nitrogen and oxygen atoms in total. The molecule has 1 heterocycles. The van der Waals surface area contributed by atoms with Gasteiger partial charge < -0.3 is 14.9 Å². The van der Waals surface area contributed by atoms with Crippen LogP contribution in [0, 0.1) is 10.1 Å². The molecule has 1 aromatic rings. The largest absolute Gasteiger partial charge is 0.358 e. The number of hydrogen-bond acceptors (Lipinski definition) is 3. The second kappa shape index (κ2) is 3.16. The second-order valence-corrected chi connectivity index (χ2v) is 2.01. The molecule has 60 valence electrons. The van der Waals surface area contributed by atoms with Crippen LogP contribution in [0.15, 0.2) is 18.3 Å². The van der Waals surface area contributed by atoms with Crippen LogP contribution in [0.25, 0.3) is 0 Å². The molecule has 1 aromatic heterocycles. The van der Waals surface area contributed by atoms with Crippen LogP contribution in [-0.4, -0.2) is 16.6 Å². The van der Waals surface area contributed by atoms with Crippen LogP contribution in [0.2, 0.25) is 0 Å². The van der Waals surface area contributed by atoms with Crippen molar-refractivity contribution in [1.29, 1.82) is 0 Å². The van der Waals surface area contributed by atoms with E-state index in [-0.39, 0.29) is 12.5 Å². The zero-order valence-corrected chi connectivity index (χ0v) is 6.06. The average molecular weight is 156 g/mol. The number of hydrogen-bond donors (Lipinski definition) is 0. The van der Waals surface area contributed by atoms with Gasteiger partial charge in [-0.3, -0.25) is 0 Å². The fraction of sp³-hybridized carbons (Fsp3) is 0.333. The van der Waals surface area contributed by atoms with Crippen LogP contribution in [0.1, 0.15) is 0 Å². The van der Waals surface area contributed by atoms with Crippen LogP contribution in [-0.2, 0) is 11.5 Å². The Balaban J connectivity index is 2.87. The van der Waals surface area contributed by atoms with Gasteiger partial charge in [0.25, 0.3) is 0 Å². The number of methoxy groups -OCH3 is 1. The van der Waals surface area contributed by atoms with Gasteiger partial charge in [-0.25, -0.2) is 4.57 Å². The molecule has 0 fully saturated rings. The van der Waals surface area contributed by atoms with Crippen molar-refractivity contribution in [1.82, 2.24) is 4.57 Å². The van der Waals surface area contributed by atoms with Crippen LogP contribution in [0.3, 0.4) is 0 Å². The average Bonchev–Trinajstić information content (AvgIpc) is 2.36. The van der Waals surface area contributed by atoms with Gasteiger partial charge in [0.1, 0.15) is 0 Å². The van der Waals surface area contributed by atoms with Gasteiger partial charge in [-0.15, -0.1) is 0 Å². The van der Waals surface area contributed by atoms with Gasteiger partial charge in [0.05, 0.1) is 6.20 Å². The molecule has 0 radical (unpaired) electrons. The minimum atomic E-state index is -0.445. The maximum absolute atomic E-state index is 10.3. The monoisotopic (exact) mass is 156 g/mol. The Bertz CT molecular complexity index is 256. The van der Waals surface area contributed by atoms with Crippen molar-refractivity contribution in [3.8, 4) is 0 Å². The molecule has 5 heteroatoms. The van der Waals surface area contributed by atoms with Gasteiger partial charge >= 0.3 is 5.82 Å². The molecule has 0 N–H and O–H groups in total. The summed E-state index contributed by atoms with van der Waals surface area (Å²) < 4.78 is 6.15. The second-order valence-electron chi connectivity index (χ2n) is 2.01. The summed E-state index contributed by atoms with van der Waals surface area (Å²) in [6, 6.07) is 3.04. The Morgan fingerprint density at radius 1 is 1.82 bits per heavy atom. The van der Waals surface area contributed by atoms with Crippen LogP contribution in [0.5, 0.6) is 0 Å². The van der Waals surface area contributed by atoms with Crippen molar-refractivity contribution >= 4 is 5.82 Å². The van der Waals surface area contributed by atoms with Gasteiger partial charge in [0.2, 0.25) is 0 Å². The highest BCUT2D eigenvalue weighted by Crippen LogP contribution is 2.10. The molecule has 0 aliphatic rings. The Hall–Kier alpha value is -1.36. The summed E-state index contributed by atoms with van der Waals surface area (Å²) in [5, 5.41) is 10.3. The Kier molecular flexibility index (Phi) is 2.22. The van der Waals surface area contributed by atoms with Crippen molar-refractivity contribution in [2.45, 2.75) is 6.73 Å². The van der Waals surface area contributed by atoms with E-state index >= 15 is 0 Å². The van der Waals surface area contributed by atoms with E-state index in [1.54, 1.807) is 12.3 Å². The fourth-order valence-electron chi connectivity index (χ4n) is 0.819. The predicted octanol–water partition coefficient (Wildman–Crippen LogP) is 1.00. The predicted molar refractivity (Wildman–Crippen MR) is 38.1 cm³/mol. The summed E-state index contributed by atoms with van der Waals surface area (Å²) in [4.78, 5) is 9.84. The molecule has 0 spiro atoms.